The van der Waals surface area contributed by atoms with Crippen molar-refractivity contribution < 1.29 is 23.9 Å². The summed E-state index contributed by atoms with van der Waals surface area (Å²) in [4.78, 5) is 52.6. The van der Waals surface area contributed by atoms with Crippen LogP contribution in [0.1, 0.15) is 53.6 Å². The fourth-order valence-corrected chi connectivity index (χ4v) is 5.99. The van der Waals surface area contributed by atoms with Gasteiger partial charge >= 0.3 is 5.97 Å². The van der Waals surface area contributed by atoms with E-state index >= 15 is 0 Å². The number of aryl methyl sites for hydroxylation is 1. The van der Waals surface area contributed by atoms with Crippen LogP contribution in [-0.2, 0) is 25.5 Å². The van der Waals surface area contributed by atoms with Crippen LogP contribution in [0.3, 0.4) is 0 Å². The van der Waals surface area contributed by atoms with Crippen LogP contribution in [0.4, 0.5) is 11.4 Å². The number of nitrogens with one attached hydrogen (secondary N) is 1. The first-order chi connectivity index (χ1) is 18.9. The Balaban J connectivity index is 1.19. The molecule has 8 heteroatoms. The zero-order valence-electron chi connectivity index (χ0n) is 21.6. The summed E-state index contributed by atoms with van der Waals surface area (Å²) in [6.07, 6.45) is 2.94. The molecule has 1 N–H and O–H groups in total. The molecule has 5 rings (SSSR count). The monoisotopic (exact) mass is 588 g/mol. The molecule has 0 radical (unpaired) electrons. The number of amides is 3. The molecule has 0 aromatic heterocycles. The molecule has 0 bridgehead atoms. The van der Waals surface area contributed by atoms with Gasteiger partial charge in [0.2, 0.25) is 11.8 Å². The minimum absolute atomic E-state index is 0.178. The molecular weight excluding hydrogens is 560 g/mol. The van der Waals surface area contributed by atoms with Gasteiger partial charge in [-0.25, -0.2) is 4.79 Å². The van der Waals surface area contributed by atoms with Gasteiger partial charge in [0.1, 0.15) is 0 Å². The highest BCUT2D eigenvalue weighted by Crippen LogP contribution is 2.45. The third kappa shape index (κ3) is 5.66. The average molecular weight is 589 g/mol. The van der Waals surface area contributed by atoms with Gasteiger partial charge in [0.25, 0.3) is 5.91 Å². The zero-order valence-corrected chi connectivity index (χ0v) is 23.1. The first kappa shape index (κ1) is 26.8. The van der Waals surface area contributed by atoms with Crippen LogP contribution in [0.5, 0.6) is 0 Å². The van der Waals surface area contributed by atoms with E-state index in [1.54, 1.807) is 18.2 Å². The molecule has 3 atom stereocenters. The van der Waals surface area contributed by atoms with E-state index in [0.29, 0.717) is 24.2 Å². The fraction of sp³-hybridized carbons (Fsp3) is 0.290. The van der Waals surface area contributed by atoms with Gasteiger partial charge in [-0.05, 0) is 85.2 Å². The van der Waals surface area contributed by atoms with Crippen molar-refractivity contribution in [2.75, 3.05) is 16.8 Å². The number of hydrogen-bond acceptors (Lipinski definition) is 5. The molecule has 3 aromatic rings. The van der Waals surface area contributed by atoms with Gasteiger partial charge in [-0.1, -0.05) is 53.2 Å². The van der Waals surface area contributed by atoms with Crippen LogP contribution in [0.15, 0.2) is 77.3 Å². The molecule has 1 saturated heterocycles. The Morgan fingerprint density at radius 1 is 0.949 bits per heavy atom. The number of hydrogen-bond donors (Lipinski definition) is 1. The number of fused-ring (bicyclic) bond motifs is 1. The minimum Gasteiger partial charge on any atom is -0.452 e. The van der Waals surface area contributed by atoms with Crippen molar-refractivity contribution in [2.45, 2.75) is 38.5 Å². The van der Waals surface area contributed by atoms with E-state index in [0.717, 1.165) is 22.9 Å². The smallest absolute Gasteiger partial charge is 0.338 e. The van der Waals surface area contributed by atoms with Gasteiger partial charge in [0.05, 0.1) is 23.1 Å². The Hall–Kier alpha value is -3.78. The van der Waals surface area contributed by atoms with E-state index in [-0.39, 0.29) is 35.1 Å². The summed E-state index contributed by atoms with van der Waals surface area (Å²) in [5, 5.41) is 2.77. The number of rotatable bonds is 7. The number of esters is 1. The van der Waals surface area contributed by atoms with E-state index < -0.39 is 18.5 Å². The number of carbonyl (C=O) groups is 4. The van der Waals surface area contributed by atoms with E-state index in [2.05, 4.69) is 33.4 Å². The van der Waals surface area contributed by atoms with Crippen LogP contribution in [0.25, 0.3) is 0 Å². The minimum atomic E-state index is -0.665. The maximum atomic E-state index is 13.3. The maximum absolute atomic E-state index is 13.3. The predicted octanol–water partition coefficient (Wildman–Crippen LogP) is 5.88. The average Bonchev–Trinajstić information content (AvgIpc) is 3.22. The van der Waals surface area contributed by atoms with E-state index in [9.17, 15) is 19.2 Å². The highest BCUT2D eigenvalue weighted by atomic mass is 79.9. The van der Waals surface area contributed by atoms with Crippen molar-refractivity contribution in [1.29, 1.82) is 0 Å². The first-order valence-corrected chi connectivity index (χ1v) is 13.9. The van der Waals surface area contributed by atoms with Gasteiger partial charge in [-0.15, -0.1) is 0 Å². The number of ether oxygens (including phenoxy) is 1. The van der Waals surface area contributed by atoms with Crippen LogP contribution in [-0.4, -0.2) is 30.3 Å². The van der Waals surface area contributed by atoms with E-state index in [1.165, 1.54) is 22.6 Å². The highest BCUT2D eigenvalue weighted by molar-refractivity contribution is 9.10. The van der Waals surface area contributed by atoms with Crippen LogP contribution < -0.4 is 10.2 Å². The van der Waals surface area contributed by atoms with Crippen LogP contribution in [0.2, 0.25) is 0 Å². The SMILES string of the molecule is CCc1cc(Br)ccc1NC(=O)COC(=O)c1ccc(N2C(=O)[C@H]3C[C@H](c4ccccc4)CC[C@H]3C2=O)cc1. The molecule has 2 aliphatic rings. The number of nitrogens with zero attached hydrogens (tertiary/aromatic N) is 1. The third-order valence-corrected chi connectivity index (χ3v) is 8.11. The summed E-state index contributed by atoms with van der Waals surface area (Å²) in [7, 11) is 0. The summed E-state index contributed by atoms with van der Waals surface area (Å²) in [6.45, 7) is 1.55. The molecule has 0 spiro atoms. The number of carbonyl (C=O) groups excluding carboxylic acids is 4. The van der Waals surface area contributed by atoms with Crippen molar-refractivity contribution in [2.24, 2.45) is 11.8 Å². The van der Waals surface area contributed by atoms with Gasteiger partial charge in [0, 0.05) is 10.2 Å². The molecule has 0 unspecified atom stereocenters. The molecule has 2 fully saturated rings. The zero-order chi connectivity index (χ0) is 27.5. The molecule has 200 valence electrons. The normalized spacial score (nSPS) is 20.5. The second kappa shape index (κ2) is 11.5. The lowest BCUT2D eigenvalue weighted by Crippen LogP contribution is -2.30. The largest absolute Gasteiger partial charge is 0.452 e. The third-order valence-electron chi connectivity index (χ3n) is 7.61. The number of imide groups is 1. The van der Waals surface area contributed by atoms with Gasteiger partial charge in [-0.3, -0.25) is 19.3 Å². The maximum Gasteiger partial charge on any atom is 0.338 e. The molecule has 39 heavy (non-hydrogen) atoms. The van der Waals surface area contributed by atoms with E-state index in [1.807, 2.05) is 37.3 Å². The summed E-state index contributed by atoms with van der Waals surface area (Å²) in [5.41, 5.74) is 3.49. The molecule has 1 aliphatic heterocycles. The highest BCUT2D eigenvalue weighted by Gasteiger charge is 2.50. The molecule has 3 aromatic carbocycles. The Morgan fingerprint density at radius 3 is 2.38 bits per heavy atom. The Labute approximate surface area is 235 Å². The standard InChI is InChI=1S/C31H29BrN2O5/c1-2-19-16-23(32)11-15-27(19)33-28(35)18-39-31(38)21-8-12-24(13-9-21)34-29(36)25-14-10-22(17-26(25)30(34)37)20-6-4-3-5-7-20/h3-9,11-13,15-16,22,25-26H,2,10,14,17-18H2,1H3,(H,33,35)/t22-,25-,26+/m1/s1. The van der Waals surface area contributed by atoms with Gasteiger partial charge in [0.15, 0.2) is 6.61 Å². The lowest BCUT2D eigenvalue weighted by molar-refractivity contribution is -0.122. The van der Waals surface area contributed by atoms with E-state index in [4.69, 9.17) is 4.74 Å². The predicted molar refractivity (Wildman–Crippen MR) is 151 cm³/mol. The van der Waals surface area contributed by atoms with Crippen molar-refractivity contribution in [1.82, 2.24) is 0 Å². The Bertz CT molecular complexity index is 1410. The second-order valence-electron chi connectivity index (χ2n) is 9.97. The molecule has 3 amide bonds. The number of anilines is 2. The van der Waals surface area contributed by atoms with Crippen molar-refractivity contribution >= 4 is 51.0 Å². The van der Waals surface area contributed by atoms with Crippen LogP contribution in [0, 0.1) is 11.8 Å². The Kier molecular flexibility index (Phi) is 7.93. The van der Waals surface area contributed by atoms with Crippen molar-refractivity contribution in [3.63, 3.8) is 0 Å². The summed E-state index contributed by atoms with van der Waals surface area (Å²) in [5.74, 6) is -1.85. The summed E-state index contributed by atoms with van der Waals surface area (Å²) in [6, 6.07) is 21.8. The summed E-state index contributed by atoms with van der Waals surface area (Å²) < 4.78 is 6.11. The quantitative estimate of drug-likeness (QED) is 0.275. The van der Waals surface area contributed by atoms with Gasteiger partial charge < -0.3 is 10.1 Å². The molecule has 1 saturated carbocycles. The summed E-state index contributed by atoms with van der Waals surface area (Å²) >= 11 is 3.42. The topological polar surface area (TPSA) is 92.8 Å². The molecular formula is C31H29BrN2O5. The number of halogens is 1. The van der Waals surface area contributed by atoms with Crippen molar-refractivity contribution in [3.05, 3.63) is 94.0 Å². The number of benzene rings is 3. The second-order valence-corrected chi connectivity index (χ2v) is 10.9. The molecule has 1 heterocycles. The van der Waals surface area contributed by atoms with Crippen LogP contribution >= 0.6 is 15.9 Å². The Morgan fingerprint density at radius 2 is 1.67 bits per heavy atom. The van der Waals surface area contributed by atoms with Gasteiger partial charge in [-0.2, -0.15) is 0 Å². The fourth-order valence-electron chi connectivity index (χ4n) is 5.59. The van der Waals surface area contributed by atoms with Crippen molar-refractivity contribution in [3.8, 4) is 0 Å². The molecule has 1 aliphatic carbocycles. The first-order valence-electron chi connectivity index (χ1n) is 13.1. The lowest BCUT2D eigenvalue weighted by atomic mass is 9.73. The molecule has 7 nitrogen and oxygen atoms in total. The lowest BCUT2D eigenvalue weighted by Gasteiger charge is -2.28.